The van der Waals surface area contributed by atoms with Gasteiger partial charge in [-0.1, -0.05) is 45.0 Å². The lowest BCUT2D eigenvalue weighted by Gasteiger charge is -2.37. The molecule has 0 saturated heterocycles. The molecule has 112 valence electrons. The fourth-order valence-electron chi connectivity index (χ4n) is 3.05. The van der Waals surface area contributed by atoms with Crippen molar-refractivity contribution in [1.82, 2.24) is 5.32 Å². The second-order valence-corrected chi connectivity index (χ2v) is 8.42. The number of benzene rings is 1. The van der Waals surface area contributed by atoms with E-state index in [0.29, 0.717) is 6.04 Å². The fraction of sp³-hybridized carbons (Fsp3) is 0.647. The van der Waals surface area contributed by atoms with Crippen LogP contribution in [-0.2, 0) is 16.2 Å². The molecule has 1 N–H and O–H groups in total. The zero-order valence-corrected chi connectivity index (χ0v) is 13.9. The molecule has 0 aliphatic heterocycles. The summed E-state index contributed by atoms with van der Waals surface area (Å²) in [6.45, 7) is 7.69. The van der Waals surface area contributed by atoms with Gasteiger partial charge in [0.1, 0.15) is 0 Å². The zero-order chi connectivity index (χ0) is 14.8. The lowest BCUT2D eigenvalue weighted by Crippen LogP contribution is -2.33. The highest BCUT2D eigenvalue weighted by atomic mass is 32.2. The van der Waals surface area contributed by atoms with Crippen molar-refractivity contribution in [2.24, 2.45) is 0 Å². The van der Waals surface area contributed by atoms with Crippen molar-refractivity contribution in [3.05, 3.63) is 35.4 Å². The summed E-state index contributed by atoms with van der Waals surface area (Å²) in [5, 5.41) is 3.94. The van der Waals surface area contributed by atoms with Crippen molar-refractivity contribution in [1.29, 1.82) is 0 Å². The molecule has 3 unspecified atom stereocenters. The van der Waals surface area contributed by atoms with Crippen LogP contribution >= 0.6 is 0 Å². The predicted octanol–water partition coefficient (Wildman–Crippen LogP) is 3.55. The molecule has 1 aliphatic rings. The second-order valence-electron chi connectivity index (χ2n) is 6.61. The van der Waals surface area contributed by atoms with Gasteiger partial charge in [-0.2, -0.15) is 0 Å². The van der Waals surface area contributed by atoms with Gasteiger partial charge in [0.2, 0.25) is 0 Å². The Kier molecular flexibility index (Phi) is 5.03. The minimum atomic E-state index is -0.714. The van der Waals surface area contributed by atoms with Gasteiger partial charge in [0.25, 0.3) is 0 Å². The van der Waals surface area contributed by atoms with Crippen LogP contribution in [0.3, 0.4) is 0 Å². The first kappa shape index (κ1) is 15.7. The van der Waals surface area contributed by atoms with E-state index in [2.05, 4.69) is 50.4 Å². The number of fused-ring (bicyclic) bond motifs is 1. The maximum Gasteiger partial charge on any atom is 0.0329 e. The maximum atomic E-state index is 11.4. The molecule has 0 bridgehead atoms. The minimum absolute atomic E-state index is 0.276. The topological polar surface area (TPSA) is 29.1 Å². The molecule has 1 aromatic rings. The van der Waals surface area contributed by atoms with Gasteiger partial charge >= 0.3 is 0 Å². The van der Waals surface area contributed by atoms with Crippen molar-refractivity contribution in [2.45, 2.75) is 56.7 Å². The first-order valence-corrected chi connectivity index (χ1v) is 9.19. The summed E-state index contributed by atoms with van der Waals surface area (Å²) < 4.78 is 11.4. The molecule has 0 amide bonds. The van der Waals surface area contributed by atoms with E-state index in [1.165, 1.54) is 24.0 Å². The SMILES string of the molecule is CC(CCNC1CCC(C)(C)c2ccccc21)S(C)=O. The molecule has 0 spiro atoms. The Morgan fingerprint density at radius 2 is 2.10 bits per heavy atom. The summed E-state index contributed by atoms with van der Waals surface area (Å²) in [4.78, 5) is 0. The van der Waals surface area contributed by atoms with Crippen molar-refractivity contribution in [3.8, 4) is 0 Å². The molecular weight excluding hydrogens is 266 g/mol. The summed E-state index contributed by atoms with van der Waals surface area (Å²) in [6.07, 6.45) is 5.18. The van der Waals surface area contributed by atoms with Gasteiger partial charge in [0, 0.05) is 28.3 Å². The normalized spacial score (nSPS) is 23.9. The summed E-state index contributed by atoms with van der Waals surface area (Å²) in [7, 11) is -0.714. The Morgan fingerprint density at radius 1 is 1.40 bits per heavy atom. The Hall–Kier alpha value is -0.670. The maximum absolute atomic E-state index is 11.4. The fourth-order valence-corrected chi connectivity index (χ4v) is 3.50. The molecule has 1 aromatic carbocycles. The number of hydrogen-bond donors (Lipinski definition) is 1. The third kappa shape index (κ3) is 3.50. The highest BCUT2D eigenvalue weighted by Crippen LogP contribution is 2.41. The summed E-state index contributed by atoms with van der Waals surface area (Å²) in [5.41, 5.74) is 3.22. The number of hydrogen-bond acceptors (Lipinski definition) is 2. The van der Waals surface area contributed by atoms with Gasteiger partial charge in [-0.05, 0) is 42.3 Å². The van der Waals surface area contributed by atoms with E-state index in [1.807, 2.05) is 0 Å². The average Bonchev–Trinajstić information content (AvgIpc) is 2.41. The van der Waals surface area contributed by atoms with Crippen molar-refractivity contribution < 1.29 is 4.21 Å². The van der Waals surface area contributed by atoms with E-state index < -0.39 is 10.8 Å². The van der Waals surface area contributed by atoms with E-state index in [-0.39, 0.29) is 10.7 Å². The van der Waals surface area contributed by atoms with E-state index in [4.69, 9.17) is 0 Å². The molecule has 2 rings (SSSR count). The van der Waals surface area contributed by atoms with Crippen molar-refractivity contribution in [2.75, 3.05) is 12.8 Å². The molecule has 2 nitrogen and oxygen atoms in total. The highest BCUT2D eigenvalue weighted by Gasteiger charge is 2.31. The molecule has 0 saturated carbocycles. The molecule has 3 heteroatoms. The number of nitrogens with one attached hydrogen (secondary N) is 1. The van der Waals surface area contributed by atoms with Crippen LogP contribution in [0.5, 0.6) is 0 Å². The lowest BCUT2D eigenvalue weighted by atomic mass is 9.71. The van der Waals surface area contributed by atoms with Gasteiger partial charge in [0.15, 0.2) is 0 Å². The molecule has 0 heterocycles. The zero-order valence-electron chi connectivity index (χ0n) is 13.1. The smallest absolute Gasteiger partial charge is 0.0329 e. The molecular formula is C17H27NOS. The van der Waals surface area contributed by atoms with Crippen molar-refractivity contribution in [3.63, 3.8) is 0 Å². The summed E-state index contributed by atoms with van der Waals surface area (Å²) in [5.74, 6) is 0. The van der Waals surface area contributed by atoms with E-state index >= 15 is 0 Å². The first-order valence-electron chi connectivity index (χ1n) is 7.57. The third-order valence-electron chi connectivity index (χ3n) is 4.63. The Balaban J connectivity index is 2.02. The van der Waals surface area contributed by atoms with E-state index in [0.717, 1.165) is 13.0 Å². The van der Waals surface area contributed by atoms with Crippen LogP contribution in [0.15, 0.2) is 24.3 Å². The Labute approximate surface area is 125 Å². The molecule has 1 aliphatic carbocycles. The third-order valence-corrected chi connectivity index (χ3v) is 6.00. The van der Waals surface area contributed by atoms with Crippen LogP contribution in [0.1, 0.15) is 57.2 Å². The van der Waals surface area contributed by atoms with Crippen LogP contribution < -0.4 is 5.32 Å². The van der Waals surface area contributed by atoms with Crippen LogP contribution in [-0.4, -0.2) is 22.3 Å². The highest BCUT2D eigenvalue weighted by molar-refractivity contribution is 7.84. The van der Waals surface area contributed by atoms with Gasteiger partial charge in [-0.25, -0.2) is 0 Å². The molecule has 0 radical (unpaired) electrons. The van der Waals surface area contributed by atoms with Crippen LogP contribution in [0.4, 0.5) is 0 Å². The molecule has 3 atom stereocenters. The average molecular weight is 293 g/mol. The standard InChI is InChI=1S/C17H27NOS/c1-13(20(4)19)10-12-18-16-9-11-17(2,3)15-8-6-5-7-14(15)16/h5-8,13,16,18H,9-12H2,1-4H3. The van der Waals surface area contributed by atoms with Crippen LogP contribution in [0.25, 0.3) is 0 Å². The minimum Gasteiger partial charge on any atom is -0.310 e. The largest absolute Gasteiger partial charge is 0.310 e. The van der Waals surface area contributed by atoms with Gasteiger partial charge < -0.3 is 5.32 Å². The number of rotatable bonds is 5. The van der Waals surface area contributed by atoms with E-state index in [1.54, 1.807) is 6.26 Å². The monoisotopic (exact) mass is 293 g/mol. The summed E-state index contributed by atoms with van der Waals surface area (Å²) in [6, 6.07) is 9.27. The summed E-state index contributed by atoms with van der Waals surface area (Å²) >= 11 is 0. The predicted molar refractivity (Wildman–Crippen MR) is 87.6 cm³/mol. The lowest BCUT2D eigenvalue weighted by molar-refractivity contribution is 0.357. The quantitative estimate of drug-likeness (QED) is 0.899. The molecule has 20 heavy (non-hydrogen) atoms. The molecule has 0 fully saturated rings. The Morgan fingerprint density at radius 3 is 2.80 bits per heavy atom. The van der Waals surface area contributed by atoms with Gasteiger partial charge in [-0.3, -0.25) is 4.21 Å². The van der Waals surface area contributed by atoms with Gasteiger partial charge in [0.05, 0.1) is 0 Å². The van der Waals surface area contributed by atoms with Crippen molar-refractivity contribution >= 4 is 10.8 Å². The Bertz CT molecular complexity index is 484. The molecule has 0 aromatic heterocycles. The van der Waals surface area contributed by atoms with Crippen LogP contribution in [0.2, 0.25) is 0 Å². The second kappa shape index (κ2) is 6.40. The van der Waals surface area contributed by atoms with E-state index in [9.17, 15) is 4.21 Å². The first-order chi connectivity index (χ1) is 9.42. The van der Waals surface area contributed by atoms with Gasteiger partial charge in [-0.15, -0.1) is 0 Å². The van der Waals surface area contributed by atoms with Crippen LogP contribution in [0, 0.1) is 0 Å².